The molecule has 0 radical (unpaired) electrons. The highest BCUT2D eigenvalue weighted by atomic mass is 35.5. The third kappa shape index (κ3) is 2.68. The first-order valence-corrected chi connectivity index (χ1v) is 7.63. The van der Waals surface area contributed by atoms with Crippen molar-refractivity contribution in [3.8, 4) is 0 Å². The Kier molecular flexibility index (Phi) is 3.98. The molecule has 1 amide bonds. The number of benzene rings is 2. The Balaban J connectivity index is 1.78. The predicted octanol–water partition coefficient (Wildman–Crippen LogP) is 4.50. The lowest BCUT2D eigenvalue weighted by molar-refractivity contribution is -0.125. The van der Waals surface area contributed by atoms with E-state index in [1.165, 1.54) is 0 Å². The molecule has 1 fully saturated rings. The van der Waals surface area contributed by atoms with Gasteiger partial charge >= 0.3 is 0 Å². The number of halogens is 1. The standard InChI is InChI=1S/C18H18ClNO/c1-20(13-7-3-2-4-8-13)18(21)16-12-11-14(16)15-9-5-6-10-17(15)19/h2-10,14,16H,11-12H2,1H3. The molecule has 1 aliphatic rings. The van der Waals surface area contributed by atoms with Crippen LogP contribution < -0.4 is 4.90 Å². The molecule has 1 saturated carbocycles. The minimum atomic E-state index is 0.0371. The predicted molar refractivity (Wildman–Crippen MR) is 86.8 cm³/mol. The van der Waals surface area contributed by atoms with Crippen molar-refractivity contribution in [2.45, 2.75) is 18.8 Å². The highest BCUT2D eigenvalue weighted by Gasteiger charge is 2.39. The Morgan fingerprint density at radius 1 is 1.05 bits per heavy atom. The molecule has 2 nitrogen and oxygen atoms in total. The molecule has 0 saturated heterocycles. The van der Waals surface area contributed by atoms with Gasteiger partial charge in [-0.15, -0.1) is 0 Å². The number of para-hydroxylation sites is 1. The van der Waals surface area contributed by atoms with Crippen molar-refractivity contribution < 1.29 is 4.79 Å². The summed E-state index contributed by atoms with van der Waals surface area (Å²) in [5.41, 5.74) is 2.04. The van der Waals surface area contributed by atoms with Gasteiger partial charge in [-0.25, -0.2) is 0 Å². The van der Waals surface area contributed by atoms with Crippen molar-refractivity contribution in [1.29, 1.82) is 0 Å². The second-order valence-corrected chi connectivity index (χ2v) is 5.95. The van der Waals surface area contributed by atoms with Gasteiger partial charge in [0.2, 0.25) is 5.91 Å². The second kappa shape index (κ2) is 5.90. The van der Waals surface area contributed by atoms with Gasteiger partial charge in [0.25, 0.3) is 0 Å². The van der Waals surface area contributed by atoms with Gasteiger partial charge in [-0.05, 0) is 42.5 Å². The minimum absolute atomic E-state index is 0.0371. The van der Waals surface area contributed by atoms with Gasteiger partial charge < -0.3 is 4.90 Å². The average molecular weight is 300 g/mol. The molecule has 21 heavy (non-hydrogen) atoms. The van der Waals surface area contributed by atoms with E-state index in [1.807, 2.05) is 61.6 Å². The molecule has 0 aliphatic heterocycles. The number of rotatable bonds is 3. The Bertz CT molecular complexity index is 641. The molecule has 0 bridgehead atoms. The number of carbonyl (C=O) groups excluding carboxylic acids is 1. The maximum atomic E-state index is 12.7. The molecule has 2 aromatic carbocycles. The van der Waals surface area contributed by atoms with E-state index in [0.29, 0.717) is 0 Å². The summed E-state index contributed by atoms with van der Waals surface area (Å²) < 4.78 is 0. The molecule has 1 aliphatic carbocycles. The molecule has 0 N–H and O–H groups in total. The van der Waals surface area contributed by atoms with Crippen molar-refractivity contribution in [3.63, 3.8) is 0 Å². The van der Waals surface area contributed by atoms with E-state index in [4.69, 9.17) is 11.6 Å². The molecular weight excluding hydrogens is 282 g/mol. The van der Waals surface area contributed by atoms with Gasteiger partial charge in [-0.1, -0.05) is 48.0 Å². The van der Waals surface area contributed by atoms with Crippen LogP contribution in [0.3, 0.4) is 0 Å². The molecule has 3 heteroatoms. The smallest absolute Gasteiger partial charge is 0.230 e. The van der Waals surface area contributed by atoms with E-state index in [2.05, 4.69) is 0 Å². The third-order valence-corrected chi connectivity index (χ3v) is 4.71. The Morgan fingerprint density at radius 2 is 1.71 bits per heavy atom. The lowest BCUT2D eigenvalue weighted by Gasteiger charge is -2.38. The molecule has 0 spiro atoms. The molecule has 2 atom stereocenters. The lowest BCUT2D eigenvalue weighted by atomic mass is 9.69. The monoisotopic (exact) mass is 299 g/mol. The van der Waals surface area contributed by atoms with Crippen LogP contribution in [0.1, 0.15) is 24.3 Å². The van der Waals surface area contributed by atoms with Crippen LogP contribution in [-0.2, 0) is 4.79 Å². The van der Waals surface area contributed by atoms with Crippen molar-refractivity contribution in [2.24, 2.45) is 5.92 Å². The van der Waals surface area contributed by atoms with Crippen molar-refractivity contribution in [2.75, 3.05) is 11.9 Å². The van der Waals surface area contributed by atoms with Crippen LogP contribution >= 0.6 is 11.6 Å². The van der Waals surface area contributed by atoms with Gasteiger partial charge in [0, 0.05) is 23.7 Å². The van der Waals surface area contributed by atoms with Gasteiger partial charge in [0.05, 0.1) is 0 Å². The van der Waals surface area contributed by atoms with E-state index in [0.717, 1.165) is 29.1 Å². The van der Waals surface area contributed by atoms with Gasteiger partial charge in [0.1, 0.15) is 0 Å². The van der Waals surface area contributed by atoms with Crippen LogP contribution in [0, 0.1) is 5.92 Å². The van der Waals surface area contributed by atoms with Crippen molar-refractivity contribution in [1.82, 2.24) is 0 Å². The van der Waals surface area contributed by atoms with Crippen LogP contribution in [0.25, 0.3) is 0 Å². The minimum Gasteiger partial charge on any atom is -0.315 e. The number of nitrogens with zero attached hydrogens (tertiary/aromatic N) is 1. The molecule has 0 aromatic heterocycles. The highest BCUT2D eigenvalue weighted by Crippen LogP contribution is 2.45. The first-order valence-electron chi connectivity index (χ1n) is 7.25. The summed E-state index contributed by atoms with van der Waals surface area (Å²) in [5, 5.41) is 0.766. The third-order valence-electron chi connectivity index (χ3n) is 4.37. The Morgan fingerprint density at radius 3 is 2.33 bits per heavy atom. The maximum Gasteiger partial charge on any atom is 0.230 e. The Labute approximate surface area is 130 Å². The first kappa shape index (κ1) is 14.2. The van der Waals surface area contributed by atoms with Crippen LogP contribution in [0.2, 0.25) is 5.02 Å². The maximum absolute atomic E-state index is 12.7. The molecule has 0 heterocycles. The largest absolute Gasteiger partial charge is 0.315 e. The Hall–Kier alpha value is -1.80. The fourth-order valence-corrected chi connectivity index (χ4v) is 3.25. The summed E-state index contributed by atoms with van der Waals surface area (Å²) in [6.07, 6.45) is 1.97. The summed E-state index contributed by atoms with van der Waals surface area (Å²) in [5.74, 6) is 0.463. The fourth-order valence-electron chi connectivity index (χ4n) is 2.97. The lowest BCUT2D eigenvalue weighted by Crippen LogP contribution is -2.40. The molecule has 108 valence electrons. The summed E-state index contributed by atoms with van der Waals surface area (Å²) in [6, 6.07) is 17.6. The van der Waals surface area contributed by atoms with Crippen LogP contribution in [0.5, 0.6) is 0 Å². The SMILES string of the molecule is CN(C(=O)C1CCC1c1ccccc1Cl)c1ccccc1. The van der Waals surface area contributed by atoms with Crippen molar-refractivity contribution in [3.05, 3.63) is 65.2 Å². The topological polar surface area (TPSA) is 20.3 Å². The van der Waals surface area contributed by atoms with E-state index >= 15 is 0 Å². The van der Waals surface area contributed by atoms with E-state index in [9.17, 15) is 4.79 Å². The van der Waals surface area contributed by atoms with E-state index in [-0.39, 0.29) is 17.7 Å². The zero-order chi connectivity index (χ0) is 14.8. The number of anilines is 1. The average Bonchev–Trinajstić information content (AvgIpc) is 2.48. The van der Waals surface area contributed by atoms with Crippen LogP contribution in [0.15, 0.2) is 54.6 Å². The number of hydrogen-bond donors (Lipinski definition) is 0. The molecule has 2 unspecified atom stereocenters. The number of hydrogen-bond acceptors (Lipinski definition) is 1. The normalized spacial score (nSPS) is 20.7. The molecular formula is C18H18ClNO. The van der Waals surface area contributed by atoms with Crippen LogP contribution in [-0.4, -0.2) is 13.0 Å². The van der Waals surface area contributed by atoms with E-state index < -0.39 is 0 Å². The van der Waals surface area contributed by atoms with Gasteiger partial charge in [-0.2, -0.15) is 0 Å². The summed E-state index contributed by atoms with van der Waals surface area (Å²) in [6.45, 7) is 0. The van der Waals surface area contributed by atoms with Gasteiger partial charge in [-0.3, -0.25) is 4.79 Å². The summed E-state index contributed by atoms with van der Waals surface area (Å²) >= 11 is 6.27. The fraction of sp³-hybridized carbons (Fsp3) is 0.278. The first-order chi connectivity index (χ1) is 10.2. The van der Waals surface area contributed by atoms with Crippen molar-refractivity contribution >= 4 is 23.2 Å². The van der Waals surface area contributed by atoms with Crippen LogP contribution in [0.4, 0.5) is 5.69 Å². The zero-order valence-electron chi connectivity index (χ0n) is 12.0. The zero-order valence-corrected chi connectivity index (χ0v) is 12.8. The molecule has 2 aromatic rings. The molecule has 3 rings (SSSR count). The summed E-state index contributed by atoms with van der Waals surface area (Å²) in [4.78, 5) is 14.5. The number of carbonyl (C=O) groups is 1. The number of amides is 1. The van der Waals surface area contributed by atoms with E-state index in [1.54, 1.807) is 4.90 Å². The second-order valence-electron chi connectivity index (χ2n) is 5.54. The summed E-state index contributed by atoms with van der Waals surface area (Å²) in [7, 11) is 1.85. The highest BCUT2D eigenvalue weighted by molar-refractivity contribution is 6.31. The van der Waals surface area contributed by atoms with Gasteiger partial charge in [0.15, 0.2) is 0 Å². The quantitative estimate of drug-likeness (QED) is 0.817.